The molecule has 0 aromatic heterocycles. The first-order valence-electron chi connectivity index (χ1n) is 6.12. The molecule has 0 radical (unpaired) electrons. The number of carbonyl (C=O) groups excluding carboxylic acids is 3. The highest BCUT2D eigenvalue weighted by molar-refractivity contribution is 5.94. The number of nitrogens with one attached hydrogen (secondary N) is 2. The van der Waals surface area contributed by atoms with Gasteiger partial charge in [-0.05, 0) is 24.0 Å². The highest BCUT2D eigenvalue weighted by Crippen LogP contribution is 2.47. The molecular weight excluding hydrogens is 260 g/mol. The van der Waals surface area contributed by atoms with Crippen molar-refractivity contribution in [2.45, 2.75) is 12.3 Å². The molecule has 0 spiro atoms. The lowest BCUT2D eigenvalue weighted by Gasteiger charge is -2.05. The second-order valence-corrected chi connectivity index (χ2v) is 4.49. The van der Waals surface area contributed by atoms with Crippen LogP contribution in [-0.2, 0) is 14.4 Å². The van der Waals surface area contributed by atoms with E-state index in [4.69, 9.17) is 0 Å². The van der Waals surface area contributed by atoms with Gasteiger partial charge in [-0.3, -0.25) is 20.4 Å². The van der Waals surface area contributed by atoms with Gasteiger partial charge in [0.25, 0.3) is 5.91 Å². The quantitative estimate of drug-likeness (QED) is 0.556. The molecule has 2 N–H and O–H groups in total. The zero-order chi connectivity index (χ0) is 14.5. The topological polar surface area (TPSA) is 98.3 Å². The van der Waals surface area contributed by atoms with Crippen molar-refractivity contribution in [3.05, 3.63) is 48.0 Å². The molecule has 0 unspecified atom stereocenters. The number of hydrogen-bond acceptors (Lipinski definition) is 4. The molecule has 104 valence electrons. The maximum absolute atomic E-state index is 11.8. The standard InChI is InChI=1S/C14H14N2O4/c17-12(6-7-13(18)19)15-16-14(20)11-8-10(11)9-4-2-1-3-5-9/h1-7,10-11H,8H2,(H,15,17)(H,16,20)(H,18,19)/p-1/t10-,11+/m1/s1. The molecule has 1 aliphatic rings. The molecule has 1 saturated carbocycles. The van der Waals surface area contributed by atoms with E-state index in [0.717, 1.165) is 18.1 Å². The van der Waals surface area contributed by atoms with Crippen molar-refractivity contribution in [1.29, 1.82) is 0 Å². The highest BCUT2D eigenvalue weighted by Gasteiger charge is 2.43. The average molecular weight is 273 g/mol. The Morgan fingerprint density at radius 3 is 2.45 bits per heavy atom. The lowest BCUT2D eigenvalue weighted by molar-refractivity contribution is -0.297. The Balaban J connectivity index is 1.77. The molecule has 6 nitrogen and oxygen atoms in total. The molecule has 2 rings (SSSR count). The van der Waals surface area contributed by atoms with Gasteiger partial charge >= 0.3 is 0 Å². The number of amides is 2. The Bertz CT molecular complexity index is 554. The first-order chi connectivity index (χ1) is 9.58. The van der Waals surface area contributed by atoms with Crippen LogP contribution in [0.3, 0.4) is 0 Å². The van der Waals surface area contributed by atoms with Gasteiger partial charge in [-0.1, -0.05) is 30.3 Å². The Kier molecular flexibility index (Phi) is 4.14. The van der Waals surface area contributed by atoms with E-state index in [2.05, 4.69) is 10.9 Å². The summed E-state index contributed by atoms with van der Waals surface area (Å²) in [5.41, 5.74) is 5.47. The fourth-order valence-corrected chi connectivity index (χ4v) is 1.95. The Labute approximate surface area is 115 Å². The zero-order valence-electron chi connectivity index (χ0n) is 10.5. The fraction of sp³-hybridized carbons (Fsp3) is 0.214. The Morgan fingerprint density at radius 2 is 1.80 bits per heavy atom. The van der Waals surface area contributed by atoms with E-state index in [0.29, 0.717) is 6.08 Å². The normalized spacial score (nSPS) is 20.4. The van der Waals surface area contributed by atoms with Gasteiger partial charge in [0.05, 0.1) is 5.97 Å². The van der Waals surface area contributed by atoms with E-state index in [-0.39, 0.29) is 17.7 Å². The number of benzene rings is 1. The highest BCUT2D eigenvalue weighted by atomic mass is 16.4. The van der Waals surface area contributed by atoms with Crippen LogP contribution in [0.2, 0.25) is 0 Å². The summed E-state index contributed by atoms with van der Waals surface area (Å²) < 4.78 is 0. The summed E-state index contributed by atoms with van der Waals surface area (Å²) in [6.07, 6.45) is 2.10. The number of carboxylic acid groups (broad SMARTS) is 1. The number of rotatable bonds is 4. The van der Waals surface area contributed by atoms with Crippen LogP contribution in [0.25, 0.3) is 0 Å². The fourth-order valence-electron chi connectivity index (χ4n) is 1.95. The third kappa shape index (κ3) is 3.68. The van der Waals surface area contributed by atoms with Crippen molar-refractivity contribution in [2.75, 3.05) is 0 Å². The summed E-state index contributed by atoms with van der Waals surface area (Å²) >= 11 is 0. The molecule has 20 heavy (non-hydrogen) atoms. The smallest absolute Gasteiger partial charge is 0.262 e. The molecule has 0 heterocycles. The van der Waals surface area contributed by atoms with Gasteiger partial charge in [0.15, 0.2) is 0 Å². The van der Waals surface area contributed by atoms with Gasteiger partial charge in [0.2, 0.25) is 5.91 Å². The average Bonchev–Trinajstić information content (AvgIpc) is 3.24. The van der Waals surface area contributed by atoms with Crippen molar-refractivity contribution in [2.24, 2.45) is 5.92 Å². The molecule has 6 heteroatoms. The number of hydrazine groups is 1. The van der Waals surface area contributed by atoms with E-state index < -0.39 is 11.9 Å². The molecule has 2 amide bonds. The minimum absolute atomic E-state index is 0.164. The molecule has 1 aliphatic carbocycles. The summed E-state index contributed by atoms with van der Waals surface area (Å²) in [7, 11) is 0. The van der Waals surface area contributed by atoms with Crippen LogP contribution in [0, 0.1) is 5.92 Å². The van der Waals surface area contributed by atoms with E-state index in [1.54, 1.807) is 0 Å². The van der Waals surface area contributed by atoms with Crippen LogP contribution in [0.4, 0.5) is 0 Å². The molecule has 0 aliphatic heterocycles. The molecule has 1 aromatic rings. The summed E-state index contributed by atoms with van der Waals surface area (Å²) in [6, 6.07) is 9.65. The van der Waals surface area contributed by atoms with Gasteiger partial charge in [-0.25, -0.2) is 0 Å². The van der Waals surface area contributed by atoms with Gasteiger partial charge in [-0.15, -0.1) is 0 Å². The minimum atomic E-state index is -1.47. The lowest BCUT2D eigenvalue weighted by atomic mass is 10.1. The third-order valence-corrected chi connectivity index (χ3v) is 3.03. The van der Waals surface area contributed by atoms with Gasteiger partial charge in [0, 0.05) is 12.0 Å². The Hall–Kier alpha value is -2.63. The summed E-state index contributed by atoms with van der Waals surface area (Å²) in [4.78, 5) is 33.0. The van der Waals surface area contributed by atoms with Crippen molar-refractivity contribution in [1.82, 2.24) is 10.9 Å². The van der Waals surface area contributed by atoms with Gasteiger partial charge < -0.3 is 9.90 Å². The third-order valence-electron chi connectivity index (χ3n) is 3.03. The van der Waals surface area contributed by atoms with E-state index in [1.807, 2.05) is 30.3 Å². The summed E-state index contributed by atoms with van der Waals surface area (Å²) in [5, 5.41) is 10.1. The van der Waals surface area contributed by atoms with Crippen LogP contribution in [0.5, 0.6) is 0 Å². The first-order valence-corrected chi connectivity index (χ1v) is 6.12. The number of hydrogen-bond donors (Lipinski definition) is 2. The van der Waals surface area contributed by atoms with Gasteiger partial charge in [-0.2, -0.15) is 0 Å². The monoisotopic (exact) mass is 273 g/mol. The van der Waals surface area contributed by atoms with Crippen molar-refractivity contribution in [3.8, 4) is 0 Å². The maximum atomic E-state index is 11.8. The van der Waals surface area contributed by atoms with Crippen LogP contribution < -0.4 is 16.0 Å². The van der Waals surface area contributed by atoms with Crippen LogP contribution in [0.15, 0.2) is 42.5 Å². The maximum Gasteiger partial charge on any atom is 0.262 e. The molecule has 0 bridgehead atoms. The van der Waals surface area contributed by atoms with Gasteiger partial charge in [0.1, 0.15) is 0 Å². The molecule has 2 atom stereocenters. The van der Waals surface area contributed by atoms with E-state index in [1.165, 1.54) is 0 Å². The molecule has 1 fully saturated rings. The van der Waals surface area contributed by atoms with Crippen molar-refractivity contribution >= 4 is 17.8 Å². The van der Waals surface area contributed by atoms with Crippen molar-refractivity contribution < 1.29 is 19.5 Å². The Morgan fingerprint density at radius 1 is 1.10 bits per heavy atom. The summed E-state index contributed by atoms with van der Waals surface area (Å²) in [5.74, 6) is -2.47. The number of carboxylic acids is 1. The zero-order valence-corrected chi connectivity index (χ0v) is 10.5. The van der Waals surface area contributed by atoms with Crippen LogP contribution in [0.1, 0.15) is 17.9 Å². The lowest BCUT2D eigenvalue weighted by Crippen LogP contribution is -2.42. The second-order valence-electron chi connectivity index (χ2n) is 4.49. The van der Waals surface area contributed by atoms with Crippen LogP contribution >= 0.6 is 0 Å². The molecule has 0 saturated heterocycles. The van der Waals surface area contributed by atoms with E-state index >= 15 is 0 Å². The summed E-state index contributed by atoms with van der Waals surface area (Å²) in [6.45, 7) is 0. The SMILES string of the molecule is O=C([O-])C=CC(=O)NNC(=O)[C@H]1C[C@@H]1c1ccccc1. The second kappa shape index (κ2) is 6.01. The first kappa shape index (κ1) is 13.8. The minimum Gasteiger partial charge on any atom is -0.545 e. The van der Waals surface area contributed by atoms with Crippen molar-refractivity contribution in [3.63, 3.8) is 0 Å². The largest absolute Gasteiger partial charge is 0.545 e. The van der Waals surface area contributed by atoms with E-state index in [9.17, 15) is 19.5 Å². The predicted molar refractivity (Wildman–Crippen MR) is 67.7 cm³/mol. The predicted octanol–water partition coefficient (Wildman–Crippen LogP) is -0.756. The molecular formula is C14H13N2O4-. The van der Waals surface area contributed by atoms with Crippen LogP contribution in [-0.4, -0.2) is 17.8 Å². The number of carbonyl (C=O) groups is 3. The molecule has 1 aromatic carbocycles. The number of aliphatic carboxylic acids is 1.